The summed E-state index contributed by atoms with van der Waals surface area (Å²) in [6.45, 7) is 2.81. The summed E-state index contributed by atoms with van der Waals surface area (Å²) in [4.78, 5) is 18.3. The third-order valence-corrected chi connectivity index (χ3v) is 4.86. The Kier molecular flexibility index (Phi) is 5.00. The van der Waals surface area contributed by atoms with E-state index < -0.39 is 5.82 Å². The van der Waals surface area contributed by atoms with Crippen LogP contribution < -0.4 is 9.64 Å². The first-order chi connectivity index (χ1) is 13.5. The van der Waals surface area contributed by atoms with Crippen molar-refractivity contribution < 1.29 is 18.4 Å². The maximum Gasteiger partial charge on any atom is 0.232 e. The van der Waals surface area contributed by atoms with E-state index in [-0.39, 0.29) is 18.2 Å². The van der Waals surface area contributed by atoms with Gasteiger partial charge in [-0.25, -0.2) is 4.39 Å². The molecule has 0 saturated carbocycles. The Morgan fingerprint density at radius 1 is 1.29 bits per heavy atom. The average Bonchev–Trinajstić information content (AvgIpc) is 3.32. The molecule has 1 amide bonds. The Balaban J connectivity index is 1.53. The predicted molar refractivity (Wildman–Crippen MR) is 102 cm³/mol. The third kappa shape index (κ3) is 3.57. The molecule has 1 fully saturated rings. The monoisotopic (exact) mass is 401 g/mol. The summed E-state index contributed by atoms with van der Waals surface area (Å²) in [5, 5.41) is 4.33. The SMILES string of the molecule is CCOc1ccc(-c2noc(C3CC(=O)N(c4cc(F)ccc4Cl)C3)n2)cc1. The summed E-state index contributed by atoms with van der Waals surface area (Å²) < 4.78 is 24.4. The van der Waals surface area contributed by atoms with Gasteiger partial charge in [-0.3, -0.25) is 4.79 Å². The zero-order valence-electron chi connectivity index (χ0n) is 15.1. The number of hydrogen-bond acceptors (Lipinski definition) is 5. The Hall–Kier alpha value is -2.93. The van der Waals surface area contributed by atoms with Crippen LogP contribution in [0.5, 0.6) is 5.75 Å². The second-order valence-corrected chi connectivity index (χ2v) is 6.82. The molecule has 0 bridgehead atoms. The summed E-state index contributed by atoms with van der Waals surface area (Å²) in [5.74, 6) is 0.666. The highest BCUT2D eigenvalue weighted by Gasteiger charge is 2.36. The summed E-state index contributed by atoms with van der Waals surface area (Å²) in [7, 11) is 0. The topological polar surface area (TPSA) is 68.5 Å². The zero-order chi connectivity index (χ0) is 19.7. The maximum atomic E-state index is 13.6. The highest BCUT2D eigenvalue weighted by molar-refractivity contribution is 6.33. The number of benzene rings is 2. The lowest BCUT2D eigenvalue weighted by atomic mass is 10.1. The van der Waals surface area contributed by atoms with E-state index in [0.717, 1.165) is 11.3 Å². The van der Waals surface area contributed by atoms with Crippen molar-refractivity contribution >= 4 is 23.2 Å². The largest absolute Gasteiger partial charge is 0.494 e. The molecule has 1 aliphatic rings. The molecule has 0 radical (unpaired) electrons. The van der Waals surface area contributed by atoms with Crippen molar-refractivity contribution in [1.82, 2.24) is 10.1 Å². The fourth-order valence-electron chi connectivity index (χ4n) is 3.18. The lowest BCUT2D eigenvalue weighted by Crippen LogP contribution is -2.24. The first kappa shape index (κ1) is 18.4. The third-order valence-electron chi connectivity index (χ3n) is 4.54. The van der Waals surface area contributed by atoms with Crippen LogP contribution in [0.15, 0.2) is 47.0 Å². The minimum absolute atomic E-state index is 0.168. The molecule has 0 N–H and O–H groups in total. The summed E-state index contributed by atoms with van der Waals surface area (Å²) >= 11 is 6.13. The van der Waals surface area contributed by atoms with Gasteiger partial charge in [0.2, 0.25) is 17.6 Å². The standard InChI is InChI=1S/C20H17ClFN3O3/c1-2-27-15-6-3-12(4-7-15)19-23-20(28-24-19)13-9-18(26)25(11-13)17-10-14(22)5-8-16(17)21/h3-8,10,13H,2,9,11H2,1H3. The lowest BCUT2D eigenvalue weighted by molar-refractivity contribution is -0.117. The van der Waals surface area contributed by atoms with Crippen molar-refractivity contribution in [2.24, 2.45) is 0 Å². The molecule has 0 spiro atoms. The van der Waals surface area contributed by atoms with Gasteiger partial charge in [-0.2, -0.15) is 4.98 Å². The van der Waals surface area contributed by atoms with Gasteiger partial charge in [0.15, 0.2) is 0 Å². The number of anilines is 1. The molecule has 4 rings (SSSR count). The maximum absolute atomic E-state index is 13.6. The van der Waals surface area contributed by atoms with Crippen LogP contribution in [-0.4, -0.2) is 29.2 Å². The van der Waals surface area contributed by atoms with Crippen LogP contribution in [0.3, 0.4) is 0 Å². The van der Waals surface area contributed by atoms with Gasteiger partial charge in [0.1, 0.15) is 11.6 Å². The first-order valence-electron chi connectivity index (χ1n) is 8.87. The van der Waals surface area contributed by atoms with Crippen LogP contribution in [0, 0.1) is 5.82 Å². The summed E-state index contributed by atoms with van der Waals surface area (Å²) in [6, 6.07) is 11.3. The highest BCUT2D eigenvalue weighted by atomic mass is 35.5. The Labute approximate surface area is 165 Å². The van der Waals surface area contributed by atoms with E-state index in [1.165, 1.54) is 23.1 Å². The van der Waals surface area contributed by atoms with E-state index in [2.05, 4.69) is 10.1 Å². The fourth-order valence-corrected chi connectivity index (χ4v) is 3.40. The van der Waals surface area contributed by atoms with Gasteiger partial charge >= 0.3 is 0 Å². The van der Waals surface area contributed by atoms with Gasteiger partial charge in [0, 0.05) is 18.5 Å². The van der Waals surface area contributed by atoms with Crippen LogP contribution in [0.1, 0.15) is 25.2 Å². The Bertz CT molecular complexity index is 1010. The lowest BCUT2D eigenvalue weighted by Gasteiger charge is -2.17. The van der Waals surface area contributed by atoms with Gasteiger partial charge in [-0.1, -0.05) is 16.8 Å². The molecule has 0 aliphatic carbocycles. The molecular weight excluding hydrogens is 385 g/mol. The molecular formula is C20H17ClFN3O3. The van der Waals surface area contributed by atoms with E-state index in [4.69, 9.17) is 20.9 Å². The Morgan fingerprint density at radius 3 is 2.82 bits per heavy atom. The molecule has 3 aromatic rings. The number of halogens is 2. The Morgan fingerprint density at radius 2 is 2.07 bits per heavy atom. The van der Waals surface area contributed by atoms with Crippen LogP contribution in [0.2, 0.25) is 5.02 Å². The predicted octanol–water partition coefficient (Wildman–Crippen LogP) is 4.45. The minimum Gasteiger partial charge on any atom is -0.494 e. The summed E-state index contributed by atoms with van der Waals surface area (Å²) in [6.07, 6.45) is 0.192. The van der Waals surface area contributed by atoms with E-state index >= 15 is 0 Å². The minimum atomic E-state index is -0.453. The van der Waals surface area contributed by atoms with E-state index in [1.54, 1.807) is 0 Å². The molecule has 2 heterocycles. The second-order valence-electron chi connectivity index (χ2n) is 6.41. The van der Waals surface area contributed by atoms with Crippen molar-refractivity contribution in [2.45, 2.75) is 19.3 Å². The highest BCUT2D eigenvalue weighted by Crippen LogP contribution is 2.35. The molecule has 2 aromatic carbocycles. The number of hydrogen-bond donors (Lipinski definition) is 0. The van der Waals surface area contributed by atoms with E-state index in [1.807, 2.05) is 31.2 Å². The number of carbonyl (C=O) groups is 1. The number of aromatic nitrogens is 2. The molecule has 28 heavy (non-hydrogen) atoms. The van der Waals surface area contributed by atoms with Crippen molar-refractivity contribution in [1.29, 1.82) is 0 Å². The molecule has 1 unspecified atom stereocenters. The number of nitrogens with zero attached hydrogens (tertiary/aromatic N) is 3. The second kappa shape index (κ2) is 7.59. The van der Waals surface area contributed by atoms with Crippen molar-refractivity contribution in [3.8, 4) is 17.1 Å². The van der Waals surface area contributed by atoms with Crippen LogP contribution in [0.4, 0.5) is 10.1 Å². The van der Waals surface area contributed by atoms with Gasteiger partial charge in [0.05, 0.1) is 23.2 Å². The van der Waals surface area contributed by atoms with E-state index in [0.29, 0.717) is 35.6 Å². The van der Waals surface area contributed by atoms with Crippen LogP contribution in [-0.2, 0) is 4.79 Å². The number of ether oxygens (including phenoxy) is 1. The molecule has 144 valence electrons. The molecule has 6 nitrogen and oxygen atoms in total. The fraction of sp³-hybridized carbons (Fsp3) is 0.250. The van der Waals surface area contributed by atoms with Crippen molar-refractivity contribution in [3.63, 3.8) is 0 Å². The number of amides is 1. The zero-order valence-corrected chi connectivity index (χ0v) is 15.8. The normalized spacial score (nSPS) is 16.6. The van der Waals surface area contributed by atoms with Crippen molar-refractivity contribution in [2.75, 3.05) is 18.1 Å². The van der Waals surface area contributed by atoms with Gasteiger partial charge in [0.25, 0.3) is 0 Å². The van der Waals surface area contributed by atoms with Crippen molar-refractivity contribution in [3.05, 3.63) is 59.2 Å². The van der Waals surface area contributed by atoms with Gasteiger partial charge in [-0.15, -0.1) is 0 Å². The quantitative estimate of drug-likeness (QED) is 0.631. The smallest absolute Gasteiger partial charge is 0.232 e. The average molecular weight is 402 g/mol. The van der Waals surface area contributed by atoms with E-state index in [9.17, 15) is 9.18 Å². The number of rotatable bonds is 5. The number of carbonyl (C=O) groups excluding carboxylic acids is 1. The van der Waals surface area contributed by atoms with Gasteiger partial charge in [-0.05, 0) is 49.4 Å². The molecule has 1 aliphatic heterocycles. The first-order valence-corrected chi connectivity index (χ1v) is 9.25. The molecule has 8 heteroatoms. The molecule has 1 atom stereocenters. The van der Waals surface area contributed by atoms with Crippen LogP contribution >= 0.6 is 11.6 Å². The summed E-state index contributed by atoms with van der Waals surface area (Å²) in [5.41, 5.74) is 1.13. The molecule has 1 saturated heterocycles. The molecule has 1 aromatic heterocycles. The van der Waals surface area contributed by atoms with Crippen LogP contribution in [0.25, 0.3) is 11.4 Å². The van der Waals surface area contributed by atoms with Gasteiger partial charge < -0.3 is 14.2 Å².